The molecule has 132 valence electrons. The van der Waals surface area contributed by atoms with Crippen LogP contribution >= 0.6 is 0 Å². The van der Waals surface area contributed by atoms with E-state index in [0.29, 0.717) is 18.8 Å². The smallest absolute Gasteiger partial charge is 0.322 e. The normalized spacial score (nSPS) is 17.7. The van der Waals surface area contributed by atoms with Gasteiger partial charge in [0.05, 0.1) is 33.0 Å². The maximum absolute atomic E-state index is 12.5. The van der Waals surface area contributed by atoms with Crippen LogP contribution in [0, 0.1) is 0 Å². The van der Waals surface area contributed by atoms with Crippen molar-refractivity contribution in [1.82, 2.24) is 4.90 Å². The summed E-state index contributed by atoms with van der Waals surface area (Å²) in [6.07, 6.45) is -0.659. The molecular formula is C19H22N2O4. The van der Waals surface area contributed by atoms with Crippen LogP contribution in [0.25, 0.3) is 11.1 Å². The molecule has 1 saturated heterocycles. The van der Waals surface area contributed by atoms with Crippen molar-refractivity contribution in [2.75, 3.05) is 38.7 Å². The molecule has 0 spiro atoms. The molecule has 0 radical (unpaired) electrons. The monoisotopic (exact) mass is 342 g/mol. The molecule has 2 aromatic carbocycles. The predicted octanol–water partition coefficient (Wildman–Crippen LogP) is 2.59. The van der Waals surface area contributed by atoms with E-state index < -0.39 is 6.10 Å². The number of ether oxygens (including phenoxy) is 2. The minimum absolute atomic E-state index is 0.248. The van der Waals surface area contributed by atoms with Crippen LogP contribution in [0.1, 0.15) is 0 Å². The number of urea groups is 1. The van der Waals surface area contributed by atoms with E-state index in [1.165, 1.54) is 0 Å². The Hall–Kier alpha value is -2.57. The van der Waals surface area contributed by atoms with E-state index in [1.807, 2.05) is 48.5 Å². The first-order valence-corrected chi connectivity index (χ1v) is 8.22. The lowest BCUT2D eigenvalue weighted by atomic mass is 10.0. The fourth-order valence-corrected chi connectivity index (χ4v) is 2.83. The average molecular weight is 342 g/mol. The Bertz CT molecular complexity index is 735. The van der Waals surface area contributed by atoms with E-state index in [-0.39, 0.29) is 19.2 Å². The number of amides is 2. The number of hydrogen-bond acceptors (Lipinski definition) is 4. The van der Waals surface area contributed by atoms with Gasteiger partial charge in [-0.2, -0.15) is 0 Å². The average Bonchev–Trinajstić information content (AvgIpc) is 2.86. The molecule has 2 aromatic rings. The molecule has 6 heteroatoms. The van der Waals surface area contributed by atoms with Crippen LogP contribution < -0.4 is 10.1 Å². The summed E-state index contributed by atoms with van der Waals surface area (Å²) in [4.78, 5) is 14.0. The number of hydrogen-bond donors (Lipinski definition) is 2. The Morgan fingerprint density at radius 3 is 2.96 bits per heavy atom. The number of carbonyl (C=O) groups is 1. The fourth-order valence-electron chi connectivity index (χ4n) is 2.83. The Balaban J connectivity index is 1.76. The first-order chi connectivity index (χ1) is 12.2. The third-order valence-corrected chi connectivity index (χ3v) is 4.07. The van der Waals surface area contributed by atoms with Crippen LogP contribution in [0.4, 0.5) is 10.5 Å². The van der Waals surface area contributed by atoms with Crippen molar-refractivity contribution in [3.8, 4) is 16.9 Å². The maximum atomic E-state index is 12.5. The topological polar surface area (TPSA) is 71.0 Å². The molecule has 2 amide bonds. The highest BCUT2D eigenvalue weighted by Gasteiger charge is 2.21. The quantitative estimate of drug-likeness (QED) is 0.899. The molecule has 0 saturated carbocycles. The van der Waals surface area contributed by atoms with Crippen molar-refractivity contribution in [3.63, 3.8) is 0 Å². The van der Waals surface area contributed by atoms with E-state index in [1.54, 1.807) is 12.0 Å². The van der Waals surface area contributed by atoms with Gasteiger partial charge in [-0.3, -0.25) is 0 Å². The summed E-state index contributed by atoms with van der Waals surface area (Å²) in [7, 11) is 1.64. The number of para-hydroxylation sites is 1. The molecule has 0 unspecified atom stereocenters. The zero-order valence-electron chi connectivity index (χ0n) is 14.1. The van der Waals surface area contributed by atoms with Crippen molar-refractivity contribution in [2.24, 2.45) is 0 Å². The molecule has 3 rings (SSSR count). The summed E-state index contributed by atoms with van der Waals surface area (Å²) in [5, 5.41) is 12.7. The highest BCUT2D eigenvalue weighted by Crippen LogP contribution is 2.31. The summed E-state index contributed by atoms with van der Waals surface area (Å²) in [6, 6.07) is 15.1. The molecule has 1 aliphatic heterocycles. The summed E-state index contributed by atoms with van der Waals surface area (Å²) in [5.41, 5.74) is 2.60. The van der Waals surface area contributed by atoms with E-state index in [4.69, 9.17) is 9.47 Å². The second kappa shape index (κ2) is 8.00. The Morgan fingerprint density at radius 2 is 2.12 bits per heavy atom. The molecule has 0 aliphatic carbocycles. The summed E-state index contributed by atoms with van der Waals surface area (Å²) in [6.45, 7) is 1.39. The number of carbonyl (C=O) groups excluding carboxylic acids is 1. The molecule has 1 fully saturated rings. The second-order valence-corrected chi connectivity index (χ2v) is 5.89. The number of nitrogens with zero attached hydrogens (tertiary/aromatic N) is 1. The van der Waals surface area contributed by atoms with Gasteiger partial charge in [-0.1, -0.05) is 30.3 Å². The van der Waals surface area contributed by atoms with Crippen LogP contribution in [-0.2, 0) is 4.74 Å². The highest BCUT2D eigenvalue weighted by atomic mass is 16.5. The Kier molecular flexibility index (Phi) is 5.53. The van der Waals surface area contributed by atoms with Gasteiger partial charge in [0.25, 0.3) is 0 Å². The van der Waals surface area contributed by atoms with Gasteiger partial charge in [0.1, 0.15) is 5.75 Å². The van der Waals surface area contributed by atoms with E-state index >= 15 is 0 Å². The molecule has 1 aliphatic rings. The van der Waals surface area contributed by atoms with Crippen LogP contribution in [-0.4, -0.2) is 55.6 Å². The van der Waals surface area contributed by atoms with Crippen LogP contribution in [0.15, 0.2) is 48.5 Å². The van der Waals surface area contributed by atoms with Crippen molar-refractivity contribution >= 4 is 11.7 Å². The number of rotatable bonds is 3. The van der Waals surface area contributed by atoms with Gasteiger partial charge in [0.2, 0.25) is 0 Å². The van der Waals surface area contributed by atoms with E-state index in [2.05, 4.69) is 5.32 Å². The molecular weight excluding hydrogens is 320 g/mol. The molecule has 2 N–H and O–H groups in total. The fraction of sp³-hybridized carbons (Fsp3) is 0.316. The van der Waals surface area contributed by atoms with Crippen molar-refractivity contribution in [3.05, 3.63) is 48.5 Å². The van der Waals surface area contributed by atoms with Gasteiger partial charge in [-0.15, -0.1) is 0 Å². The predicted molar refractivity (Wildman–Crippen MR) is 95.8 cm³/mol. The zero-order valence-corrected chi connectivity index (χ0v) is 14.1. The van der Waals surface area contributed by atoms with Crippen molar-refractivity contribution in [1.29, 1.82) is 0 Å². The summed E-state index contributed by atoms with van der Waals surface area (Å²) in [5.74, 6) is 0.777. The first-order valence-electron chi connectivity index (χ1n) is 8.22. The molecule has 0 aromatic heterocycles. The van der Waals surface area contributed by atoms with Gasteiger partial charge in [-0.25, -0.2) is 4.79 Å². The van der Waals surface area contributed by atoms with Crippen LogP contribution in [0.2, 0.25) is 0 Å². The van der Waals surface area contributed by atoms with Gasteiger partial charge in [0, 0.05) is 17.8 Å². The number of nitrogens with one attached hydrogen (secondary N) is 1. The van der Waals surface area contributed by atoms with Gasteiger partial charge >= 0.3 is 6.03 Å². The van der Waals surface area contributed by atoms with E-state index in [9.17, 15) is 9.90 Å². The number of aliphatic hydroxyl groups is 1. The number of anilines is 1. The molecule has 25 heavy (non-hydrogen) atoms. The van der Waals surface area contributed by atoms with Crippen molar-refractivity contribution in [2.45, 2.75) is 6.10 Å². The SMILES string of the molecule is COc1ccccc1-c1cccc(NC(=O)N2CCOC[C@H](O)C2)c1. The Labute approximate surface area is 147 Å². The third kappa shape index (κ3) is 4.29. The maximum Gasteiger partial charge on any atom is 0.322 e. The summed E-state index contributed by atoms with van der Waals surface area (Å²) < 4.78 is 10.7. The highest BCUT2D eigenvalue weighted by molar-refractivity contribution is 5.90. The van der Waals surface area contributed by atoms with Gasteiger partial charge in [0.15, 0.2) is 0 Å². The van der Waals surface area contributed by atoms with Crippen molar-refractivity contribution < 1.29 is 19.4 Å². The molecule has 1 atom stereocenters. The lowest BCUT2D eigenvalue weighted by Gasteiger charge is -2.22. The number of β-amino-alcohol motifs (C(OH)–C–C–N with tert-alkyl or cyclic N) is 1. The van der Waals surface area contributed by atoms with E-state index in [0.717, 1.165) is 16.9 Å². The van der Waals surface area contributed by atoms with Crippen LogP contribution in [0.3, 0.4) is 0 Å². The molecule has 6 nitrogen and oxygen atoms in total. The minimum atomic E-state index is -0.659. The zero-order chi connectivity index (χ0) is 17.6. The summed E-state index contributed by atoms with van der Waals surface area (Å²) >= 11 is 0. The standard InChI is InChI=1S/C19H22N2O4/c1-24-18-8-3-2-7-17(18)14-5-4-6-15(11-14)20-19(23)21-9-10-25-13-16(22)12-21/h2-8,11,16,22H,9-10,12-13H2,1H3,(H,20,23)/t16-/m1/s1. The number of aliphatic hydroxyl groups excluding tert-OH is 1. The first kappa shape index (κ1) is 17.3. The lowest BCUT2D eigenvalue weighted by molar-refractivity contribution is 0.0575. The Morgan fingerprint density at radius 1 is 1.28 bits per heavy atom. The third-order valence-electron chi connectivity index (χ3n) is 4.07. The second-order valence-electron chi connectivity index (χ2n) is 5.89. The minimum Gasteiger partial charge on any atom is -0.496 e. The lowest BCUT2D eigenvalue weighted by Crippen LogP contribution is -2.40. The molecule has 1 heterocycles. The van der Waals surface area contributed by atoms with Crippen LogP contribution in [0.5, 0.6) is 5.75 Å². The van der Waals surface area contributed by atoms with Gasteiger partial charge in [-0.05, 0) is 23.8 Å². The van der Waals surface area contributed by atoms with Gasteiger partial charge < -0.3 is 24.8 Å². The number of benzene rings is 2. The number of methoxy groups -OCH3 is 1. The molecule has 0 bridgehead atoms. The largest absolute Gasteiger partial charge is 0.496 e.